The Kier molecular flexibility index (Phi) is 3.69. The molecule has 1 fully saturated rings. The fourth-order valence-corrected chi connectivity index (χ4v) is 5.65. The number of para-hydroxylation sites is 1. The van der Waals surface area contributed by atoms with Gasteiger partial charge in [0.1, 0.15) is 5.60 Å². The highest BCUT2D eigenvalue weighted by molar-refractivity contribution is 7.10. The number of thiophene rings is 1. The predicted octanol–water partition coefficient (Wildman–Crippen LogP) is 3.94. The van der Waals surface area contributed by atoms with Crippen LogP contribution in [0.2, 0.25) is 0 Å². The Morgan fingerprint density at radius 2 is 2.00 bits per heavy atom. The molecule has 5 heteroatoms. The molecule has 4 heterocycles. The zero-order valence-electron chi connectivity index (χ0n) is 14.9. The third kappa shape index (κ3) is 2.34. The van der Waals surface area contributed by atoms with Crippen LogP contribution in [0.1, 0.15) is 33.6 Å². The van der Waals surface area contributed by atoms with E-state index >= 15 is 0 Å². The van der Waals surface area contributed by atoms with Gasteiger partial charge in [-0.05, 0) is 42.3 Å². The summed E-state index contributed by atoms with van der Waals surface area (Å²) in [5.74, 6) is 0.138. The maximum absolute atomic E-state index is 13.2. The molecule has 1 amide bonds. The average Bonchev–Trinajstić information content (AvgIpc) is 3.28. The summed E-state index contributed by atoms with van der Waals surface area (Å²) in [6, 6.07) is 10.3. The van der Waals surface area contributed by atoms with E-state index in [4.69, 9.17) is 4.74 Å². The molecule has 0 atom stereocenters. The third-order valence-corrected chi connectivity index (χ3v) is 7.04. The molecule has 4 nitrogen and oxygen atoms in total. The second kappa shape index (κ2) is 5.96. The maximum Gasteiger partial charge on any atom is 0.256 e. The molecule has 0 saturated carbocycles. The van der Waals surface area contributed by atoms with Gasteiger partial charge in [0.25, 0.3) is 5.91 Å². The summed E-state index contributed by atoms with van der Waals surface area (Å²) in [5.41, 5.74) is 3.18. The van der Waals surface area contributed by atoms with Crippen molar-refractivity contribution in [2.24, 2.45) is 7.05 Å². The Bertz CT molecular complexity index is 979. The fraction of sp³-hybridized carbons (Fsp3) is 0.381. The van der Waals surface area contributed by atoms with E-state index in [0.29, 0.717) is 0 Å². The highest BCUT2D eigenvalue weighted by Gasteiger charge is 2.42. The van der Waals surface area contributed by atoms with Gasteiger partial charge >= 0.3 is 0 Å². The van der Waals surface area contributed by atoms with Crippen LogP contribution in [0.25, 0.3) is 10.9 Å². The molecular weight excluding hydrogens is 344 g/mol. The number of hydrogen-bond donors (Lipinski definition) is 0. The van der Waals surface area contributed by atoms with Crippen molar-refractivity contribution in [3.8, 4) is 0 Å². The van der Waals surface area contributed by atoms with E-state index in [1.165, 1.54) is 10.4 Å². The van der Waals surface area contributed by atoms with Crippen LogP contribution in [0.5, 0.6) is 0 Å². The number of benzene rings is 1. The smallest absolute Gasteiger partial charge is 0.256 e. The lowest BCUT2D eigenvalue weighted by Crippen LogP contribution is -2.47. The Hall–Kier alpha value is -2.11. The first-order chi connectivity index (χ1) is 12.7. The molecule has 1 spiro atoms. The molecule has 0 radical (unpaired) electrons. The second-order valence-electron chi connectivity index (χ2n) is 7.33. The highest BCUT2D eigenvalue weighted by Crippen LogP contribution is 2.44. The van der Waals surface area contributed by atoms with Crippen molar-refractivity contribution in [3.63, 3.8) is 0 Å². The van der Waals surface area contributed by atoms with E-state index in [0.717, 1.165) is 55.4 Å². The highest BCUT2D eigenvalue weighted by atomic mass is 32.1. The summed E-state index contributed by atoms with van der Waals surface area (Å²) in [7, 11) is 2.00. The Morgan fingerprint density at radius 3 is 2.85 bits per heavy atom. The first-order valence-electron chi connectivity index (χ1n) is 9.22. The topological polar surface area (TPSA) is 34.5 Å². The number of rotatable bonds is 1. The van der Waals surface area contributed by atoms with E-state index in [1.807, 2.05) is 52.2 Å². The third-order valence-electron chi connectivity index (χ3n) is 5.90. The number of carbonyl (C=O) groups is 1. The largest absolute Gasteiger partial charge is 0.369 e. The van der Waals surface area contributed by atoms with Crippen LogP contribution in [0.15, 0.2) is 41.9 Å². The van der Waals surface area contributed by atoms with E-state index in [2.05, 4.69) is 17.5 Å². The number of ether oxygens (including phenoxy) is 1. The lowest BCUT2D eigenvalue weighted by Gasteiger charge is -2.43. The molecule has 0 bridgehead atoms. The van der Waals surface area contributed by atoms with Gasteiger partial charge in [-0.3, -0.25) is 4.79 Å². The number of nitrogens with zero attached hydrogens (tertiary/aromatic N) is 2. The molecule has 5 rings (SSSR count). The molecule has 1 aromatic carbocycles. The molecule has 0 N–H and O–H groups in total. The van der Waals surface area contributed by atoms with E-state index < -0.39 is 0 Å². The first kappa shape index (κ1) is 16.1. The standard InChI is InChI=1S/C21H22N2O2S/c1-22-14-17(16-4-2-3-5-18(16)22)20(24)23-10-8-21(9-11-23)19-15(6-12-25-21)7-13-26-19/h2-5,7,13-14H,6,8-12H2,1H3. The average molecular weight is 366 g/mol. The zero-order chi connectivity index (χ0) is 17.7. The van der Waals surface area contributed by atoms with Gasteiger partial charge in [0.05, 0.1) is 12.2 Å². The van der Waals surface area contributed by atoms with Crippen LogP contribution in [-0.2, 0) is 23.8 Å². The van der Waals surface area contributed by atoms with Gasteiger partial charge < -0.3 is 14.2 Å². The number of aryl methyl sites for hydroxylation is 1. The summed E-state index contributed by atoms with van der Waals surface area (Å²) < 4.78 is 8.31. The quantitative estimate of drug-likeness (QED) is 0.654. The number of piperidine rings is 1. The molecule has 0 unspecified atom stereocenters. The van der Waals surface area contributed by atoms with Crippen LogP contribution in [0.3, 0.4) is 0 Å². The van der Waals surface area contributed by atoms with E-state index in [9.17, 15) is 4.79 Å². The van der Waals surface area contributed by atoms with Crippen LogP contribution in [0, 0.1) is 0 Å². The van der Waals surface area contributed by atoms with Crippen LogP contribution in [-0.4, -0.2) is 35.1 Å². The van der Waals surface area contributed by atoms with Crippen LogP contribution < -0.4 is 0 Å². The molecular formula is C21H22N2O2S. The van der Waals surface area contributed by atoms with Crippen molar-refractivity contribution in [1.29, 1.82) is 0 Å². The number of aromatic nitrogens is 1. The van der Waals surface area contributed by atoms with Crippen LogP contribution >= 0.6 is 11.3 Å². The monoisotopic (exact) mass is 366 g/mol. The lowest BCUT2D eigenvalue weighted by molar-refractivity contribution is -0.0906. The van der Waals surface area contributed by atoms with Gasteiger partial charge in [0.2, 0.25) is 0 Å². The van der Waals surface area contributed by atoms with Crippen molar-refractivity contribution < 1.29 is 9.53 Å². The van der Waals surface area contributed by atoms with Crippen molar-refractivity contribution in [1.82, 2.24) is 9.47 Å². The normalized spacial score (nSPS) is 19.0. The van der Waals surface area contributed by atoms with Gasteiger partial charge in [-0.2, -0.15) is 0 Å². The molecule has 2 aliphatic rings. The molecule has 2 aromatic heterocycles. The molecule has 1 saturated heterocycles. The van der Waals surface area contributed by atoms with E-state index in [-0.39, 0.29) is 11.5 Å². The number of fused-ring (bicyclic) bond motifs is 3. The summed E-state index contributed by atoms with van der Waals surface area (Å²) in [6.45, 7) is 2.29. The van der Waals surface area contributed by atoms with Crippen molar-refractivity contribution >= 4 is 28.1 Å². The Morgan fingerprint density at radius 1 is 1.19 bits per heavy atom. The van der Waals surface area contributed by atoms with Gasteiger partial charge in [0.15, 0.2) is 0 Å². The van der Waals surface area contributed by atoms with Crippen molar-refractivity contribution in [2.75, 3.05) is 19.7 Å². The Labute approximate surface area is 157 Å². The van der Waals surface area contributed by atoms with Crippen LogP contribution in [0.4, 0.5) is 0 Å². The number of hydrogen-bond acceptors (Lipinski definition) is 3. The fourth-order valence-electron chi connectivity index (χ4n) is 4.48. The molecule has 0 aliphatic carbocycles. The molecule has 134 valence electrons. The van der Waals surface area contributed by atoms with Gasteiger partial charge in [-0.25, -0.2) is 0 Å². The SMILES string of the molecule is Cn1cc(C(=O)N2CCC3(CC2)OCCc2ccsc23)c2ccccc21. The van der Waals surface area contributed by atoms with Gasteiger partial charge in [0, 0.05) is 42.1 Å². The molecule has 2 aliphatic heterocycles. The Balaban J connectivity index is 1.40. The maximum atomic E-state index is 13.2. The summed E-state index contributed by atoms with van der Waals surface area (Å²) in [4.78, 5) is 16.6. The predicted molar refractivity (Wildman–Crippen MR) is 104 cm³/mol. The van der Waals surface area contributed by atoms with E-state index in [1.54, 1.807) is 0 Å². The summed E-state index contributed by atoms with van der Waals surface area (Å²) in [5, 5.41) is 3.21. The zero-order valence-corrected chi connectivity index (χ0v) is 15.7. The van der Waals surface area contributed by atoms with Crippen molar-refractivity contribution in [3.05, 3.63) is 57.9 Å². The van der Waals surface area contributed by atoms with Crippen molar-refractivity contribution in [2.45, 2.75) is 24.9 Å². The summed E-state index contributed by atoms with van der Waals surface area (Å²) in [6.07, 6.45) is 4.75. The minimum absolute atomic E-state index is 0.138. The molecule has 26 heavy (non-hydrogen) atoms. The minimum Gasteiger partial charge on any atom is -0.369 e. The molecule has 3 aromatic rings. The van der Waals surface area contributed by atoms with Gasteiger partial charge in [-0.1, -0.05) is 18.2 Å². The number of carbonyl (C=O) groups excluding carboxylic acids is 1. The van der Waals surface area contributed by atoms with Gasteiger partial charge in [-0.15, -0.1) is 11.3 Å². The summed E-state index contributed by atoms with van der Waals surface area (Å²) >= 11 is 1.81. The minimum atomic E-state index is -0.169. The number of amides is 1. The first-order valence-corrected chi connectivity index (χ1v) is 10.1. The lowest BCUT2D eigenvalue weighted by atomic mass is 9.85. The number of likely N-dealkylation sites (tertiary alicyclic amines) is 1. The second-order valence-corrected chi connectivity index (χ2v) is 8.25.